The highest BCUT2D eigenvalue weighted by Crippen LogP contribution is 2.37. The first-order valence-electron chi connectivity index (χ1n) is 19.3. The number of amides is 3. The van der Waals surface area contributed by atoms with Gasteiger partial charge in [0.2, 0.25) is 11.8 Å². The summed E-state index contributed by atoms with van der Waals surface area (Å²) in [5, 5.41) is 2.70. The lowest BCUT2D eigenvalue weighted by molar-refractivity contribution is -0.136. The van der Waals surface area contributed by atoms with Gasteiger partial charge in [-0.15, -0.1) is 0 Å². The number of nitrogens with zero attached hydrogens (tertiary/aromatic N) is 4. The van der Waals surface area contributed by atoms with Crippen LogP contribution in [0.5, 0.6) is 0 Å². The van der Waals surface area contributed by atoms with Crippen LogP contribution in [0.15, 0.2) is 79.0 Å². The van der Waals surface area contributed by atoms with Crippen molar-refractivity contribution < 1.29 is 19.1 Å². The number of hydrogen-bond acceptors (Lipinski definition) is 6. The van der Waals surface area contributed by atoms with E-state index < -0.39 is 12.1 Å². The van der Waals surface area contributed by atoms with Crippen molar-refractivity contribution in [3.8, 4) is 23.1 Å². The topological polar surface area (TPSA) is 136 Å². The molecule has 0 bridgehead atoms. The fourth-order valence-corrected chi connectivity index (χ4v) is 7.95. The number of rotatable bonds is 9. The largest absolute Gasteiger partial charge is 0.453 e. The van der Waals surface area contributed by atoms with E-state index in [1.54, 1.807) is 0 Å². The second-order valence-electron chi connectivity index (χ2n) is 15.2. The van der Waals surface area contributed by atoms with E-state index in [9.17, 15) is 14.4 Å². The quantitative estimate of drug-likeness (QED) is 0.134. The zero-order valence-electron chi connectivity index (χ0n) is 32.1. The Bertz CT molecular complexity index is 2210. The highest BCUT2D eigenvalue weighted by molar-refractivity contribution is 5.87. The number of H-pyrrole nitrogens is 2. The second kappa shape index (κ2) is 16.2. The molecule has 0 spiro atoms. The van der Waals surface area contributed by atoms with Crippen LogP contribution in [0.3, 0.4) is 0 Å². The maximum atomic E-state index is 13.9. The Morgan fingerprint density at radius 2 is 1.45 bits per heavy atom. The van der Waals surface area contributed by atoms with Gasteiger partial charge in [0, 0.05) is 24.2 Å². The fourth-order valence-electron chi connectivity index (χ4n) is 7.95. The first-order valence-corrected chi connectivity index (χ1v) is 19.3. The van der Waals surface area contributed by atoms with Crippen LogP contribution < -0.4 is 5.32 Å². The van der Waals surface area contributed by atoms with Gasteiger partial charge in [-0.25, -0.2) is 14.8 Å². The van der Waals surface area contributed by atoms with Crippen molar-refractivity contribution in [3.05, 3.63) is 107 Å². The van der Waals surface area contributed by atoms with Crippen molar-refractivity contribution in [1.29, 1.82) is 0 Å². The average Bonchev–Trinajstić information content (AvgIpc) is 4.02. The highest BCUT2D eigenvalue weighted by Gasteiger charge is 2.39. The van der Waals surface area contributed by atoms with Crippen LogP contribution in [0.1, 0.15) is 99.7 Å². The molecule has 284 valence electrons. The minimum atomic E-state index is -0.687. The van der Waals surface area contributed by atoms with Crippen LogP contribution in [-0.4, -0.2) is 73.9 Å². The first-order chi connectivity index (χ1) is 26.6. The average molecular weight is 740 g/mol. The van der Waals surface area contributed by atoms with Crippen LogP contribution in [0.2, 0.25) is 0 Å². The maximum absolute atomic E-state index is 13.9. The molecule has 4 atom stereocenters. The lowest BCUT2D eigenvalue weighted by atomic mass is 9.87. The van der Waals surface area contributed by atoms with Crippen molar-refractivity contribution in [2.45, 2.75) is 77.4 Å². The van der Waals surface area contributed by atoms with Crippen LogP contribution in [-0.2, 0) is 14.3 Å². The van der Waals surface area contributed by atoms with Gasteiger partial charge in [0.15, 0.2) is 0 Å². The SMILES string of the molecule is COC(=O)N[C@H](C(=O)N1CCC[C@H]1c1nc2ccc(C#Cc3ccc(-c4cnc([C@@H]5CCCN5C(=O)[C@@H](c5ccccc5)C(C)C)[nH]4)cc3)cc2[nH]1)C(C)C. The number of hydrogen-bond donors (Lipinski definition) is 3. The predicted molar refractivity (Wildman–Crippen MR) is 212 cm³/mol. The molecule has 3 amide bonds. The Morgan fingerprint density at radius 3 is 2.13 bits per heavy atom. The standard InChI is InChI=1S/C44H49N7O4/c1-27(2)38(32-11-7-6-8-12-32)42(52)50-23-9-13-36(50)40-45-26-35(48-40)31-20-17-29(18-21-31)15-16-30-19-22-33-34(25-30)47-41(46-33)37-14-10-24-51(37)43(53)39(28(3)4)49-44(54)55-5/h6-8,11-12,17-22,25-28,36-39H,9-10,13-14,23-24H2,1-5H3,(H,45,48)(H,46,47)(H,49,54)/t36-,37-,38+,39-/m0/s1. The molecule has 55 heavy (non-hydrogen) atoms. The van der Waals surface area contributed by atoms with Crippen molar-refractivity contribution in [1.82, 2.24) is 35.1 Å². The molecule has 11 nitrogen and oxygen atoms in total. The summed E-state index contributed by atoms with van der Waals surface area (Å²) in [5.41, 5.74) is 6.33. The number of ether oxygens (including phenoxy) is 1. The van der Waals surface area contributed by atoms with E-state index in [1.165, 1.54) is 7.11 Å². The van der Waals surface area contributed by atoms with Crippen molar-refractivity contribution in [2.75, 3.05) is 20.2 Å². The summed E-state index contributed by atoms with van der Waals surface area (Å²) in [5.74, 6) is 8.02. The van der Waals surface area contributed by atoms with Gasteiger partial charge in [-0.2, -0.15) is 0 Å². The van der Waals surface area contributed by atoms with Gasteiger partial charge in [0.1, 0.15) is 17.7 Å². The van der Waals surface area contributed by atoms with E-state index in [0.717, 1.165) is 82.9 Å². The summed E-state index contributed by atoms with van der Waals surface area (Å²) in [4.78, 5) is 59.8. The van der Waals surface area contributed by atoms with Crippen LogP contribution in [0, 0.1) is 23.7 Å². The molecule has 11 heteroatoms. The van der Waals surface area contributed by atoms with Gasteiger partial charge in [0.25, 0.3) is 0 Å². The highest BCUT2D eigenvalue weighted by atomic mass is 16.5. The van der Waals surface area contributed by atoms with Gasteiger partial charge >= 0.3 is 6.09 Å². The van der Waals surface area contributed by atoms with Gasteiger partial charge in [-0.1, -0.05) is 82.0 Å². The maximum Gasteiger partial charge on any atom is 0.407 e. The minimum absolute atomic E-state index is 0.0770. The molecule has 7 rings (SSSR count). The monoisotopic (exact) mass is 739 g/mol. The third kappa shape index (κ3) is 8.00. The molecule has 0 unspecified atom stereocenters. The Labute approximate surface area is 322 Å². The van der Waals surface area contributed by atoms with Crippen LogP contribution in [0.4, 0.5) is 4.79 Å². The molecule has 4 heterocycles. The third-order valence-corrected chi connectivity index (χ3v) is 10.8. The van der Waals surface area contributed by atoms with Gasteiger partial charge < -0.3 is 29.8 Å². The zero-order chi connectivity index (χ0) is 38.6. The van der Waals surface area contributed by atoms with E-state index >= 15 is 0 Å². The Morgan fingerprint density at radius 1 is 0.800 bits per heavy atom. The number of aromatic amines is 2. The zero-order valence-corrected chi connectivity index (χ0v) is 32.1. The molecule has 5 aromatic rings. The molecule has 2 fully saturated rings. The van der Waals surface area contributed by atoms with Crippen molar-refractivity contribution >= 4 is 28.9 Å². The fraction of sp³-hybridized carbons (Fsp3) is 0.386. The molecular formula is C44H49N7O4. The molecular weight excluding hydrogens is 691 g/mol. The molecule has 0 radical (unpaired) electrons. The number of imidazole rings is 2. The van der Waals surface area contributed by atoms with E-state index in [1.807, 2.05) is 90.5 Å². The van der Waals surface area contributed by atoms with Gasteiger partial charge in [-0.3, -0.25) is 9.59 Å². The second-order valence-corrected chi connectivity index (χ2v) is 15.2. The molecule has 0 saturated carbocycles. The smallest absolute Gasteiger partial charge is 0.407 e. The lowest BCUT2D eigenvalue weighted by Gasteiger charge is -2.30. The summed E-state index contributed by atoms with van der Waals surface area (Å²) in [6.07, 6.45) is 4.69. The number of carbonyl (C=O) groups excluding carboxylic acids is 3. The number of benzene rings is 3. The number of fused-ring (bicyclic) bond motifs is 1. The Kier molecular flexibility index (Phi) is 11.0. The Hall–Kier alpha value is -5.89. The predicted octanol–water partition coefficient (Wildman–Crippen LogP) is 7.50. The van der Waals surface area contributed by atoms with Gasteiger partial charge in [-0.05, 0) is 79.0 Å². The number of alkyl carbamates (subject to hydrolysis) is 1. The number of carbonyl (C=O) groups is 3. The molecule has 0 aliphatic carbocycles. The molecule has 3 aromatic carbocycles. The third-order valence-electron chi connectivity index (χ3n) is 10.8. The van der Waals surface area contributed by atoms with E-state index in [4.69, 9.17) is 14.7 Å². The summed E-state index contributed by atoms with van der Waals surface area (Å²) in [6, 6.07) is 23.1. The van der Waals surface area contributed by atoms with Crippen molar-refractivity contribution in [2.24, 2.45) is 11.8 Å². The van der Waals surface area contributed by atoms with Crippen molar-refractivity contribution in [3.63, 3.8) is 0 Å². The summed E-state index contributed by atoms with van der Waals surface area (Å²) >= 11 is 0. The summed E-state index contributed by atoms with van der Waals surface area (Å²) < 4.78 is 4.76. The summed E-state index contributed by atoms with van der Waals surface area (Å²) in [7, 11) is 1.29. The molecule has 2 aliphatic heterocycles. The first kappa shape index (κ1) is 37.4. The number of aromatic nitrogens is 4. The molecule has 2 saturated heterocycles. The number of methoxy groups -OCH3 is 1. The molecule has 2 aliphatic rings. The van der Waals surface area contributed by atoms with Crippen LogP contribution in [0.25, 0.3) is 22.3 Å². The lowest BCUT2D eigenvalue weighted by Crippen LogP contribution is -2.51. The molecule has 2 aromatic heterocycles. The summed E-state index contributed by atoms with van der Waals surface area (Å²) in [6.45, 7) is 9.36. The molecule has 3 N–H and O–H groups in total. The van der Waals surface area contributed by atoms with Gasteiger partial charge in [0.05, 0.1) is 48.0 Å². The van der Waals surface area contributed by atoms with E-state index in [0.29, 0.717) is 6.54 Å². The van der Waals surface area contributed by atoms with E-state index in [2.05, 4.69) is 53.1 Å². The number of likely N-dealkylation sites (tertiary alicyclic amines) is 2. The Balaban J connectivity index is 1.02. The van der Waals surface area contributed by atoms with E-state index in [-0.39, 0.29) is 41.7 Å². The normalized spacial score (nSPS) is 18.0. The minimum Gasteiger partial charge on any atom is -0.453 e. The van der Waals surface area contributed by atoms with Crippen LogP contribution >= 0.6 is 0 Å². The number of nitrogens with one attached hydrogen (secondary N) is 3.